The maximum absolute atomic E-state index is 12.0. The summed E-state index contributed by atoms with van der Waals surface area (Å²) in [6, 6.07) is 1.80. The van der Waals surface area contributed by atoms with E-state index in [0.29, 0.717) is 17.3 Å². The van der Waals surface area contributed by atoms with Crippen molar-refractivity contribution in [1.82, 2.24) is 5.32 Å². The highest BCUT2D eigenvalue weighted by atomic mass is 32.1. The molecule has 0 aliphatic carbocycles. The molecular weight excluding hydrogens is 286 g/mol. The maximum Gasteiger partial charge on any atom is 0.328 e. The molecule has 0 atom stereocenters. The molecular formula is C16H23NO3S. The highest BCUT2D eigenvalue weighted by Crippen LogP contribution is 2.23. The number of amides is 1. The van der Waals surface area contributed by atoms with Gasteiger partial charge in [0.05, 0.1) is 4.88 Å². The van der Waals surface area contributed by atoms with Crippen LogP contribution in [0, 0.1) is 12.8 Å². The molecule has 0 bridgehead atoms. The van der Waals surface area contributed by atoms with Gasteiger partial charge in [0, 0.05) is 17.5 Å². The molecule has 5 heteroatoms. The van der Waals surface area contributed by atoms with E-state index in [-0.39, 0.29) is 5.91 Å². The number of carbonyl (C=O) groups is 2. The number of hydrogen-bond acceptors (Lipinski definition) is 3. The molecule has 0 radical (unpaired) electrons. The number of hydrogen-bond donors (Lipinski definition) is 2. The Balaban J connectivity index is 2.48. The molecule has 0 spiro atoms. The number of aliphatic carboxylic acids is 1. The Labute approximate surface area is 129 Å². The van der Waals surface area contributed by atoms with Gasteiger partial charge in [0.15, 0.2) is 0 Å². The Morgan fingerprint density at radius 3 is 2.71 bits per heavy atom. The Morgan fingerprint density at radius 1 is 1.38 bits per heavy atom. The van der Waals surface area contributed by atoms with Gasteiger partial charge in [0.2, 0.25) is 0 Å². The van der Waals surface area contributed by atoms with Gasteiger partial charge in [0.1, 0.15) is 0 Å². The first-order chi connectivity index (χ1) is 9.90. The van der Waals surface area contributed by atoms with Crippen LogP contribution >= 0.6 is 11.3 Å². The topological polar surface area (TPSA) is 66.4 Å². The minimum Gasteiger partial charge on any atom is -0.478 e. The molecule has 1 aromatic rings. The Morgan fingerprint density at radius 2 is 2.10 bits per heavy atom. The second-order valence-electron chi connectivity index (χ2n) is 5.48. The molecule has 0 aromatic carbocycles. The van der Waals surface area contributed by atoms with Gasteiger partial charge >= 0.3 is 5.97 Å². The van der Waals surface area contributed by atoms with Crippen molar-refractivity contribution < 1.29 is 14.7 Å². The van der Waals surface area contributed by atoms with E-state index in [2.05, 4.69) is 19.2 Å². The first-order valence-electron chi connectivity index (χ1n) is 7.19. The lowest BCUT2D eigenvalue weighted by Gasteiger charge is -2.05. The number of unbranched alkanes of at least 4 members (excludes halogenated alkanes) is 1. The first kappa shape index (κ1) is 17.4. The predicted octanol–water partition coefficient (Wildman–Crippen LogP) is 3.71. The quantitative estimate of drug-likeness (QED) is 0.568. The number of rotatable bonds is 8. The molecule has 0 fully saturated rings. The third-order valence-corrected chi connectivity index (χ3v) is 4.25. The van der Waals surface area contributed by atoms with E-state index < -0.39 is 5.97 Å². The molecule has 1 rings (SSSR count). The zero-order valence-corrected chi connectivity index (χ0v) is 13.6. The van der Waals surface area contributed by atoms with E-state index in [1.807, 2.05) is 6.92 Å². The van der Waals surface area contributed by atoms with Crippen LogP contribution < -0.4 is 5.32 Å². The SMILES string of the molecule is Cc1cc(C(=O)NCCCCC(C)C)sc1/C=C/C(=O)O. The van der Waals surface area contributed by atoms with Crippen LogP contribution in [0.25, 0.3) is 6.08 Å². The number of carboxylic acids is 1. The smallest absolute Gasteiger partial charge is 0.328 e. The maximum atomic E-state index is 12.0. The van der Waals surface area contributed by atoms with Crippen molar-refractivity contribution in [2.75, 3.05) is 6.54 Å². The molecule has 1 aromatic heterocycles. The van der Waals surface area contributed by atoms with E-state index in [1.54, 1.807) is 6.07 Å². The van der Waals surface area contributed by atoms with E-state index in [4.69, 9.17) is 5.11 Å². The second-order valence-corrected chi connectivity index (χ2v) is 6.56. The van der Waals surface area contributed by atoms with Crippen LogP contribution in [0.2, 0.25) is 0 Å². The van der Waals surface area contributed by atoms with Gasteiger partial charge in [-0.05, 0) is 37.0 Å². The summed E-state index contributed by atoms with van der Waals surface area (Å²) in [5.74, 6) is -0.370. The third kappa shape index (κ3) is 6.58. The fraction of sp³-hybridized carbons (Fsp3) is 0.500. The summed E-state index contributed by atoms with van der Waals surface area (Å²) in [6.45, 7) is 6.94. The molecule has 0 unspecified atom stereocenters. The highest BCUT2D eigenvalue weighted by Gasteiger charge is 2.10. The molecule has 0 aliphatic rings. The minimum absolute atomic E-state index is 0.0809. The Kier molecular flexibility index (Phi) is 7.15. The van der Waals surface area contributed by atoms with Crippen LogP contribution in [-0.2, 0) is 4.79 Å². The largest absolute Gasteiger partial charge is 0.478 e. The highest BCUT2D eigenvalue weighted by molar-refractivity contribution is 7.15. The molecule has 0 aliphatic heterocycles. The van der Waals surface area contributed by atoms with Gasteiger partial charge < -0.3 is 10.4 Å². The number of carboxylic acid groups (broad SMARTS) is 1. The van der Waals surface area contributed by atoms with E-state index in [1.165, 1.54) is 23.8 Å². The van der Waals surface area contributed by atoms with Crippen molar-refractivity contribution in [1.29, 1.82) is 0 Å². The van der Waals surface area contributed by atoms with Crippen molar-refractivity contribution in [3.63, 3.8) is 0 Å². The summed E-state index contributed by atoms with van der Waals surface area (Å²) < 4.78 is 0. The molecule has 1 amide bonds. The van der Waals surface area contributed by atoms with Crippen molar-refractivity contribution in [2.45, 2.75) is 40.0 Å². The molecule has 4 nitrogen and oxygen atoms in total. The van der Waals surface area contributed by atoms with E-state index >= 15 is 0 Å². The number of thiophene rings is 1. The zero-order chi connectivity index (χ0) is 15.8. The normalized spacial score (nSPS) is 11.2. The molecule has 0 saturated heterocycles. The van der Waals surface area contributed by atoms with Gasteiger partial charge in [-0.3, -0.25) is 4.79 Å². The monoisotopic (exact) mass is 309 g/mol. The van der Waals surface area contributed by atoms with Crippen molar-refractivity contribution in [3.8, 4) is 0 Å². The Hall–Kier alpha value is -1.62. The molecule has 1 heterocycles. The van der Waals surface area contributed by atoms with E-state index in [0.717, 1.165) is 29.4 Å². The summed E-state index contributed by atoms with van der Waals surface area (Å²) >= 11 is 1.32. The predicted molar refractivity (Wildman–Crippen MR) is 86.7 cm³/mol. The minimum atomic E-state index is -0.987. The summed E-state index contributed by atoms with van der Waals surface area (Å²) in [4.78, 5) is 24.0. The Bertz CT molecular complexity index is 518. The summed E-state index contributed by atoms with van der Waals surface area (Å²) in [5, 5.41) is 11.5. The zero-order valence-electron chi connectivity index (χ0n) is 12.8. The van der Waals surface area contributed by atoms with Crippen molar-refractivity contribution in [2.24, 2.45) is 5.92 Å². The summed E-state index contributed by atoms with van der Waals surface area (Å²) in [7, 11) is 0. The average Bonchev–Trinajstić information content (AvgIpc) is 2.77. The first-order valence-corrected chi connectivity index (χ1v) is 8.01. The van der Waals surface area contributed by atoms with Gasteiger partial charge in [0.25, 0.3) is 5.91 Å². The average molecular weight is 309 g/mol. The number of carbonyl (C=O) groups excluding carboxylic acids is 1. The standard InChI is InChI=1S/C16H23NO3S/c1-11(2)6-4-5-9-17-16(20)14-10-12(3)13(21-14)7-8-15(18)19/h7-8,10-11H,4-6,9H2,1-3H3,(H,17,20)(H,18,19)/b8-7+. The third-order valence-electron chi connectivity index (χ3n) is 3.05. The molecule has 2 N–H and O–H groups in total. The van der Waals surface area contributed by atoms with Crippen LogP contribution in [0.4, 0.5) is 0 Å². The summed E-state index contributed by atoms with van der Waals surface area (Å²) in [5.41, 5.74) is 0.919. The van der Waals surface area contributed by atoms with Gasteiger partial charge in [-0.2, -0.15) is 0 Å². The van der Waals surface area contributed by atoms with Crippen LogP contribution in [0.3, 0.4) is 0 Å². The lowest BCUT2D eigenvalue weighted by atomic mass is 10.1. The van der Waals surface area contributed by atoms with Crippen LogP contribution in [0.1, 0.15) is 53.2 Å². The van der Waals surface area contributed by atoms with Gasteiger partial charge in [-0.25, -0.2) is 4.79 Å². The van der Waals surface area contributed by atoms with Crippen molar-refractivity contribution >= 4 is 29.3 Å². The van der Waals surface area contributed by atoms with Gasteiger partial charge in [-0.1, -0.05) is 26.7 Å². The van der Waals surface area contributed by atoms with Crippen molar-refractivity contribution in [3.05, 3.63) is 27.5 Å². The van der Waals surface area contributed by atoms with Gasteiger partial charge in [-0.15, -0.1) is 11.3 Å². The summed E-state index contributed by atoms with van der Waals surface area (Å²) in [6.07, 6.45) is 5.90. The van der Waals surface area contributed by atoms with Crippen LogP contribution in [0.5, 0.6) is 0 Å². The molecule has 116 valence electrons. The fourth-order valence-corrected chi connectivity index (χ4v) is 2.88. The fourth-order valence-electron chi connectivity index (χ4n) is 1.89. The van der Waals surface area contributed by atoms with Crippen LogP contribution in [-0.4, -0.2) is 23.5 Å². The lowest BCUT2D eigenvalue weighted by Crippen LogP contribution is -2.23. The number of nitrogens with one attached hydrogen (secondary N) is 1. The lowest BCUT2D eigenvalue weighted by molar-refractivity contribution is -0.131. The second kappa shape index (κ2) is 8.62. The van der Waals surface area contributed by atoms with E-state index in [9.17, 15) is 9.59 Å². The van der Waals surface area contributed by atoms with Crippen LogP contribution in [0.15, 0.2) is 12.1 Å². The molecule has 21 heavy (non-hydrogen) atoms. The molecule has 0 saturated carbocycles. The number of aryl methyl sites for hydroxylation is 1.